The summed E-state index contributed by atoms with van der Waals surface area (Å²) < 4.78 is 59.6. The number of rotatable bonds is 12. The van der Waals surface area contributed by atoms with E-state index < -0.39 is 21.1 Å². The first-order valence-corrected chi connectivity index (χ1v) is 13.9. The molecule has 0 aliphatic carbocycles. The van der Waals surface area contributed by atoms with Gasteiger partial charge in [0, 0.05) is 5.56 Å². The predicted molar refractivity (Wildman–Crippen MR) is 127 cm³/mol. The standard InChI is InChI=1S/C22H40O8P2/c1-11-25-31(23,26-12-2)29-19-16-17(21(5,6)7)15-18(22(8,9)10)20(19)30-32(24,27-13-3)28-14-4/h15-16H,11-14H2,1-10H3. The van der Waals surface area contributed by atoms with Crippen LogP contribution in [0.4, 0.5) is 0 Å². The highest BCUT2D eigenvalue weighted by molar-refractivity contribution is 7.49. The van der Waals surface area contributed by atoms with Gasteiger partial charge in [0.25, 0.3) is 0 Å². The van der Waals surface area contributed by atoms with Crippen molar-refractivity contribution in [2.24, 2.45) is 0 Å². The van der Waals surface area contributed by atoms with Crippen molar-refractivity contribution >= 4 is 15.6 Å². The largest absolute Gasteiger partial charge is 0.530 e. The van der Waals surface area contributed by atoms with Crippen LogP contribution in [-0.4, -0.2) is 26.4 Å². The maximum Gasteiger partial charge on any atom is 0.530 e. The first kappa shape index (κ1) is 29.2. The molecule has 186 valence electrons. The van der Waals surface area contributed by atoms with Gasteiger partial charge in [-0.3, -0.25) is 18.1 Å². The van der Waals surface area contributed by atoms with Crippen LogP contribution in [-0.2, 0) is 38.1 Å². The molecule has 0 heterocycles. The summed E-state index contributed by atoms with van der Waals surface area (Å²) in [5.41, 5.74) is 0.895. The average molecular weight is 495 g/mol. The van der Waals surface area contributed by atoms with Crippen LogP contribution in [0.5, 0.6) is 11.5 Å². The molecule has 0 saturated carbocycles. The van der Waals surface area contributed by atoms with Crippen molar-refractivity contribution in [2.75, 3.05) is 26.4 Å². The highest BCUT2D eigenvalue weighted by atomic mass is 31.2. The van der Waals surface area contributed by atoms with Gasteiger partial charge < -0.3 is 9.05 Å². The molecule has 1 aromatic rings. The van der Waals surface area contributed by atoms with E-state index in [4.69, 9.17) is 27.1 Å². The van der Waals surface area contributed by atoms with Crippen LogP contribution in [0.2, 0.25) is 0 Å². The van der Waals surface area contributed by atoms with Crippen molar-refractivity contribution in [1.82, 2.24) is 0 Å². The van der Waals surface area contributed by atoms with Crippen LogP contribution in [0.15, 0.2) is 12.1 Å². The zero-order valence-corrected chi connectivity index (χ0v) is 22.9. The van der Waals surface area contributed by atoms with Crippen LogP contribution < -0.4 is 9.05 Å². The Bertz CT molecular complexity index is 820. The first-order valence-electron chi connectivity index (χ1n) is 11.0. The highest BCUT2D eigenvalue weighted by Gasteiger charge is 2.37. The zero-order chi connectivity index (χ0) is 24.8. The van der Waals surface area contributed by atoms with E-state index in [1.807, 2.05) is 26.8 Å². The predicted octanol–water partition coefficient (Wildman–Crippen LogP) is 7.40. The van der Waals surface area contributed by atoms with Crippen molar-refractivity contribution in [3.8, 4) is 11.5 Å². The van der Waals surface area contributed by atoms with Gasteiger partial charge in [-0.05, 0) is 50.2 Å². The van der Waals surface area contributed by atoms with Crippen molar-refractivity contribution < 1.29 is 36.3 Å². The number of phosphoric acid groups is 2. The lowest BCUT2D eigenvalue weighted by molar-refractivity contribution is 0.156. The van der Waals surface area contributed by atoms with E-state index in [1.165, 1.54) is 0 Å². The molecular formula is C22H40O8P2. The SMILES string of the molecule is CCOP(=O)(OCC)Oc1cc(C(C)(C)C)cc(C(C)(C)C)c1OP(=O)(OCC)OCC. The number of hydrogen-bond acceptors (Lipinski definition) is 8. The van der Waals surface area contributed by atoms with Gasteiger partial charge in [0.15, 0.2) is 11.5 Å². The maximum atomic E-state index is 13.3. The molecule has 0 aliphatic heterocycles. The molecule has 0 saturated heterocycles. The molecule has 10 heteroatoms. The smallest absolute Gasteiger partial charge is 0.400 e. The highest BCUT2D eigenvalue weighted by Crippen LogP contribution is 2.58. The van der Waals surface area contributed by atoms with E-state index in [-0.39, 0.29) is 43.3 Å². The summed E-state index contributed by atoms with van der Waals surface area (Å²) in [6.45, 7) is 19.4. The molecule has 0 radical (unpaired) electrons. The summed E-state index contributed by atoms with van der Waals surface area (Å²) in [6.07, 6.45) is 0. The minimum atomic E-state index is -3.97. The molecule has 0 bridgehead atoms. The third-order valence-corrected chi connectivity index (χ3v) is 7.42. The van der Waals surface area contributed by atoms with E-state index in [9.17, 15) is 9.13 Å². The Labute approximate surface area is 193 Å². The van der Waals surface area contributed by atoms with Crippen molar-refractivity contribution in [3.63, 3.8) is 0 Å². The van der Waals surface area contributed by atoms with E-state index in [2.05, 4.69) is 20.8 Å². The van der Waals surface area contributed by atoms with Crippen LogP contribution in [0.3, 0.4) is 0 Å². The molecule has 0 unspecified atom stereocenters. The van der Waals surface area contributed by atoms with Gasteiger partial charge >= 0.3 is 15.6 Å². The Morgan fingerprint density at radius 2 is 1.06 bits per heavy atom. The van der Waals surface area contributed by atoms with E-state index in [1.54, 1.807) is 33.8 Å². The zero-order valence-electron chi connectivity index (χ0n) is 21.1. The molecule has 0 aromatic heterocycles. The van der Waals surface area contributed by atoms with Crippen molar-refractivity contribution in [2.45, 2.75) is 80.1 Å². The van der Waals surface area contributed by atoms with Gasteiger partial charge in [0.1, 0.15) is 0 Å². The van der Waals surface area contributed by atoms with Crippen LogP contribution in [0, 0.1) is 0 Å². The average Bonchev–Trinajstić information content (AvgIpc) is 2.61. The van der Waals surface area contributed by atoms with E-state index in [0.29, 0.717) is 5.56 Å². The summed E-state index contributed by atoms with van der Waals surface area (Å²) >= 11 is 0. The molecule has 0 spiro atoms. The second-order valence-electron chi connectivity index (χ2n) is 9.10. The van der Waals surface area contributed by atoms with Crippen LogP contribution >= 0.6 is 15.6 Å². The molecule has 0 amide bonds. The van der Waals surface area contributed by atoms with Gasteiger partial charge in [-0.2, -0.15) is 0 Å². The third-order valence-electron chi connectivity index (χ3n) is 4.29. The van der Waals surface area contributed by atoms with Gasteiger partial charge in [-0.1, -0.05) is 47.6 Å². The number of phosphoric ester groups is 2. The summed E-state index contributed by atoms with van der Waals surface area (Å²) in [5, 5.41) is 0. The van der Waals surface area contributed by atoms with Crippen molar-refractivity contribution in [1.29, 1.82) is 0 Å². The Morgan fingerprint density at radius 3 is 1.41 bits per heavy atom. The maximum absolute atomic E-state index is 13.3. The minimum absolute atomic E-state index is 0.0900. The molecule has 32 heavy (non-hydrogen) atoms. The lowest BCUT2D eigenvalue weighted by Crippen LogP contribution is -2.19. The lowest BCUT2D eigenvalue weighted by atomic mass is 9.80. The molecule has 0 N–H and O–H groups in total. The Morgan fingerprint density at radius 1 is 0.656 bits per heavy atom. The van der Waals surface area contributed by atoms with Gasteiger partial charge in [-0.25, -0.2) is 9.13 Å². The van der Waals surface area contributed by atoms with E-state index >= 15 is 0 Å². The summed E-state index contributed by atoms with van der Waals surface area (Å²) in [4.78, 5) is 0. The monoisotopic (exact) mass is 494 g/mol. The summed E-state index contributed by atoms with van der Waals surface area (Å²) in [5.74, 6) is 0.211. The quantitative estimate of drug-likeness (QED) is 0.278. The molecule has 0 atom stereocenters. The summed E-state index contributed by atoms with van der Waals surface area (Å²) in [7, 11) is -7.93. The van der Waals surface area contributed by atoms with Crippen LogP contribution in [0.25, 0.3) is 0 Å². The second-order valence-corrected chi connectivity index (χ2v) is 12.3. The van der Waals surface area contributed by atoms with Gasteiger partial charge in [0.2, 0.25) is 0 Å². The molecule has 1 rings (SSSR count). The summed E-state index contributed by atoms with van der Waals surface area (Å²) in [6, 6.07) is 3.67. The third kappa shape index (κ3) is 8.16. The first-order chi connectivity index (χ1) is 14.6. The molecule has 1 aromatic carbocycles. The fraction of sp³-hybridized carbons (Fsp3) is 0.727. The van der Waals surface area contributed by atoms with Crippen molar-refractivity contribution in [3.05, 3.63) is 23.3 Å². The normalized spacial score (nSPS) is 13.3. The van der Waals surface area contributed by atoms with Gasteiger partial charge in [0.05, 0.1) is 26.4 Å². The second kappa shape index (κ2) is 11.5. The molecule has 8 nitrogen and oxygen atoms in total. The minimum Gasteiger partial charge on any atom is -0.400 e. The fourth-order valence-electron chi connectivity index (χ4n) is 2.80. The molecular weight excluding hydrogens is 454 g/mol. The van der Waals surface area contributed by atoms with Gasteiger partial charge in [-0.15, -0.1) is 0 Å². The Kier molecular flexibility index (Phi) is 10.5. The van der Waals surface area contributed by atoms with Crippen LogP contribution in [0.1, 0.15) is 80.4 Å². The lowest BCUT2D eigenvalue weighted by Gasteiger charge is -2.30. The Hall–Kier alpha value is -0.880. The van der Waals surface area contributed by atoms with E-state index in [0.717, 1.165) is 5.56 Å². The molecule has 0 fully saturated rings. The molecule has 0 aliphatic rings. The number of benzene rings is 1. The number of hydrogen-bond donors (Lipinski definition) is 0. The topological polar surface area (TPSA) is 89.5 Å². The fourth-order valence-corrected chi connectivity index (χ4v) is 5.21. The Balaban J connectivity index is 3.85.